The van der Waals surface area contributed by atoms with Crippen LogP contribution in [0.15, 0.2) is 18.2 Å². The molecule has 0 aliphatic heterocycles. The molecule has 1 rings (SSSR count). The molecular weight excluding hydrogens is 192 g/mol. The molecule has 3 nitrogen and oxygen atoms in total. The number of phenolic OH excluding ortho intramolecular Hbond substituents is 1. The van der Waals surface area contributed by atoms with Crippen molar-refractivity contribution >= 4 is 5.97 Å². The first-order chi connectivity index (χ1) is 7.15. The van der Waals surface area contributed by atoms with Crippen molar-refractivity contribution in [2.24, 2.45) is 0 Å². The largest absolute Gasteiger partial charge is 0.504 e. The lowest BCUT2D eigenvalue weighted by atomic mass is 10.2. The molecule has 82 valence electrons. The van der Waals surface area contributed by atoms with Crippen molar-refractivity contribution in [3.63, 3.8) is 0 Å². The van der Waals surface area contributed by atoms with Gasteiger partial charge in [0.1, 0.15) is 0 Å². The lowest BCUT2D eigenvalue weighted by Crippen LogP contribution is -2.08. The third-order valence-electron chi connectivity index (χ3n) is 2.14. The highest BCUT2D eigenvalue weighted by molar-refractivity contribution is 5.73. The average molecular weight is 208 g/mol. The predicted octanol–water partition coefficient (Wildman–Crippen LogP) is 2.80. The number of carbonyl (C=O) groups excluding carboxylic acids is 1. The van der Waals surface area contributed by atoms with Crippen molar-refractivity contribution in [2.45, 2.75) is 33.1 Å². The summed E-state index contributed by atoms with van der Waals surface area (Å²) >= 11 is 0. The van der Waals surface area contributed by atoms with Crippen molar-refractivity contribution in [3.05, 3.63) is 23.8 Å². The van der Waals surface area contributed by atoms with Gasteiger partial charge in [-0.05, 0) is 25.0 Å². The van der Waals surface area contributed by atoms with Crippen LogP contribution in [0, 0.1) is 6.92 Å². The summed E-state index contributed by atoms with van der Waals surface area (Å²) in [6, 6.07) is 5.02. The van der Waals surface area contributed by atoms with E-state index in [0.717, 1.165) is 18.4 Å². The molecule has 1 aromatic carbocycles. The van der Waals surface area contributed by atoms with Gasteiger partial charge < -0.3 is 9.84 Å². The minimum atomic E-state index is -0.290. The molecule has 0 bridgehead atoms. The van der Waals surface area contributed by atoms with Crippen molar-refractivity contribution in [2.75, 3.05) is 0 Å². The molecule has 0 heterocycles. The number of esters is 1. The molecule has 0 atom stereocenters. The van der Waals surface area contributed by atoms with E-state index in [9.17, 15) is 9.90 Å². The summed E-state index contributed by atoms with van der Waals surface area (Å²) in [7, 11) is 0. The molecule has 0 saturated heterocycles. The second-order valence-electron chi connectivity index (χ2n) is 3.50. The minimum absolute atomic E-state index is 0.0137. The van der Waals surface area contributed by atoms with E-state index in [1.54, 1.807) is 19.1 Å². The van der Waals surface area contributed by atoms with Crippen LogP contribution in [0.3, 0.4) is 0 Å². The molecule has 1 N–H and O–H groups in total. The van der Waals surface area contributed by atoms with Gasteiger partial charge in [-0.1, -0.05) is 25.5 Å². The van der Waals surface area contributed by atoms with E-state index in [2.05, 4.69) is 0 Å². The van der Waals surface area contributed by atoms with Crippen molar-refractivity contribution in [1.82, 2.24) is 0 Å². The fourth-order valence-electron chi connectivity index (χ4n) is 1.26. The number of ether oxygens (including phenoxy) is 1. The second kappa shape index (κ2) is 5.39. The molecule has 0 aromatic heterocycles. The standard InChI is InChI=1S/C12H16O3/c1-3-4-8-11(14)15-12-9(2)6-5-7-10(12)13/h5-7,13H,3-4,8H2,1-2H3. The van der Waals surface area contributed by atoms with Crippen LogP contribution in [0.25, 0.3) is 0 Å². The molecule has 0 unspecified atom stereocenters. The Hall–Kier alpha value is -1.51. The lowest BCUT2D eigenvalue weighted by molar-refractivity contribution is -0.134. The van der Waals surface area contributed by atoms with E-state index in [1.165, 1.54) is 6.07 Å². The van der Waals surface area contributed by atoms with Gasteiger partial charge in [-0.2, -0.15) is 0 Å². The van der Waals surface area contributed by atoms with Crippen LogP contribution in [0.5, 0.6) is 11.5 Å². The first-order valence-corrected chi connectivity index (χ1v) is 5.14. The van der Waals surface area contributed by atoms with E-state index < -0.39 is 0 Å². The Kier molecular flexibility index (Phi) is 4.16. The maximum atomic E-state index is 11.3. The molecule has 0 fully saturated rings. The van der Waals surface area contributed by atoms with Crippen LogP contribution in [0.4, 0.5) is 0 Å². The quantitative estimate of drug-likeness (QED) is 0.611. The highest BCUT2D eigenvalue weighted by Gasteiger charge is 2.10. The van der Waals surface area contributed by atoms with Crippen molar-refractivity contribution in [3.8, 4) is 11.5 Å². The highest BCUT2D eigenvalue weighted by atomic mass is 16.5. The SMILES string of the molecule is CCCCC(=O)Oc1c(C)cccc1O. The summed E-state index contributed by atoms with van der Waals surface area (Å²) in [5.74, 6) is -0.0000912. The van der Waals surface area contributed by atoms with Crippen LogP contribution in [0.1, 0.15) is 31.7 Å². The monoisotopic (exact) mass is 208 g/mol. The zero-order chi connectivity index (χ0) is 11.3. The third-order valence-corrected chi connectivity index (χ3v) is 2.14. The summed E-state index contributed by atoms with van der Waals surface area (Å²) in [4.78, 5) is 11.3. The number of aryl methyl sites for hydroxylation is 1. The van der Waals surface area contributed by atoms with Crippen molar-refractivity contribution < 1.29 is 14.6 Å². The van der Waals surface area contributed by atoms with E-state index in [0.29, 0.717) is 6.42 Å². The van der Waals surface area contributed by atoms with Gasteiger partial charge in [-0.25, -0.2) is 0 Å². The smallest absolute Gasteiger partial charge is 0.311 e. The summed E-state index contributed by atoms with van der Waals surface area (Å²) in [5.41, 5.74) is 0.764. The fraction of sp³-hybridized carbons (Fsp3) is 0.417. The number of carbonyl (C=O) groups is 1. The van der Waals surface area contributed by atoms with Crippen LogP contribution < -0.4 is 4.74 Å². The first kappa shape index (κ1) is 11.6. The minimum Gasteiger partial charge on any atom is -0.504 e. The number of rotatable bonds is 4. The summed E-state index contributed by atoms with van der Waals surface area (Å²) < 4.78 is 5.09. The first-order valence-electron chi connectivity index (χ1n) is 5.14. The maximum Gasteiger partial charge on any atom is 0.311 e. The van der Waals surface area contributed by atoms with Crippen molar-refractivity contribution in [1.29, 1.82) is 0 Å². The molecule has 0 saturated carbocycles. The van der Waals surface area contributed by atoms with Gasteiger partial charge in [0.25, 0.3) is 0 Å². The number of hydrogen-bond acceptors (Lipinski definition) is 3. The Labute approximate surface area is 89.7 Å². The van der Waals surface area contributed by atoms with E-state index >= 15 is 0 Å². The lowest BCUT2D eigenvalue weighted by Gasteiger charge is -2.08. The Balaban J connectivity index is 2.68. The molecule has 0 aliphatic rings. The maximum absolute atomic E-state index is 11.3. The average Bonchev–Trinajstić information content (AvgIpc) is 2.21. The molecule has 0 amide bonds. The van der Waals surface area contributed by atoms with E-state index in [1.807, 2.05) is 6.92 Å². The normalized spacial score (nSPS) is 10.0. The van der Waals surface area contributed by atoms with E-state index in [4.69, 9.17) is 4.74 Å². The molecule has 15 heavy (non-hydrogen) atoms. The predicted molar refractivity (Wildman–Crippen MR) is 58.0 cm³/mol. The van der Waals surface area contributed by atoms with Gasteiger partial charge >= 0.3 is 5.97 Å². The Morgan fingerprint density at radius 2 is 2.20 bits per heavy atom. The molecule has 1 aromatic rings. The van der Waals surface area contributed by atoms with Gasteiger partial charge in [0.05, 0.1) is 0 Å². The Bertz CT molecular complexity index is 324. The van der Waals surface area contributed by atoms with Crippen LogP contribution >= 0.6 is 0 Å². The van der Waals surface area contributed by atoms with E-state index in [-0.39, 0.29) is 17.5 Å². The third kappa shape index (κ3) is 3.27. The highest BCUT2D eigenvalue weighted by Crippen LogP contribution is 2.29. The molecule has 0 radical (unpaired) electrons. The molecule has 3 heteroatoms. The van der Waals surface area contributed by atoms with Crippen LogP contribution in [-0.4, -0.2) is 11.1 Å². The van der Waals surface area contributed by atoms with Gasteiger partial charge in [0, 0.05) is 6.42 Å². The van der Waals surface area contributed by atoms with Gasteiger partial charge in [-0.15, -0.1) is 0 Å². The van der Waals surface area contributed by atoms with Crippen LogP contribution in [0.2, 0.25) is 0 Å². The zero-order valence-electron chi connectivity index (χ0n) is 9.12. The number of hydrogen-bond donors (Lipinski definition) is 1. The van der Waals surface area contributed by atoms with Gasteiger partial charge in [-0.3, -0.25) is 4.79 Å². The topological polar surface area (TPSA) is 46.5 Å². The fourth-order valence-corrected chi connectivity index (χ4v) is 1.26. The number of para-hydroxylation sites is 1. The zero-order valence-corrected chi connectivity index (χ0v) is 9.12. The second-order valence-corrected chi connectivity index (χ2v) is 3.50. The molecular formula is C12H16O3. The van der Waals surface area contributed by atoms with Crippen LogP contribution in [-0.2, 0) is 4.79 Å². The summed E-state index contributed by atoms with van der Waals surface area (Å²) in [5, 5.41) is 9.49. The number of benzene rings is 1. The number of aromatic hydroxyl groups is 1. The summed E-state index contributed by atoms with van der Waals surface area (Å²) in [6.07, 6.45) is 2.16. The number of phenols is 1. The Morgan fingerprint density at radius 3 is 2.80 bits per heavy atom. The molecule has 0 aliphatic carbocycles. The molecule has 0 spiro atoms. The number of unbranched alkanes of at least 4 members (excludes halogenated alkanes) is 1. The van der Waals surface area contributed by atoms with Gasteiger partial charge in [0.15, 0.2) is 11.5 Å². The summed E-state index contributed by atoms with van der Waals surface area (Å²) in [6.45, 7) is 3.81. The Morgan fingerprint density at radius 1 is 1.47 bits per heavy atom. The van der Waals surface area contributed by atoms with Gasteiger partial charge in [0.2, 0.25) is 0 Å².